The van der Waals surface area contributed by atoms with Gasteiger partial charge in [0.15, 0.2) is 0 Å². The van der Waals surface area contributed by atoms with Crippen molar-refractivity contribution in [2.24, 2.45) is 0 Å². The lowest BCUT2D eigenvalue weighted by Crippen LogP contribution is -2.48. The highest BCUT2D eigenvalue weighted by atomic mass is 16.5. The number of carbonyl (C=O) groups is 1. The van der Waals surface area contributed by atoms with Gasteiger partial charge in [-0.25, -0.2) is 9.97 Å². The first kappa shape index (κ1) is 11.8. The number of hydrogen-bond donors (Lipinski definition) is 1. The maximum absolute atomic E-state index is 12.1. The van der Waals surface area contributed by atoms with Crippen molar-refractivity contribution in [3.63, 3.8) is 0 Å². The average molecular weight is 236 g/mol. The van der Waals surface area contributed by atoms with Crippen LogP contribution in [-0.4, -0.2) is 46.1 Å². The fourth-order valence-corrected chi connectivity index (χ4v) is 1.93. The lowest BCUT2D eigenvalue weighted by Gasteiger charge is -2.34. The zero-order valence-corrected chi connectivity index (χ0v) is 9.96. The van der Waals surface area contributed by atoms with Crippen molar-refractivity contribution in [3.05, 3.63) is 18.2 Å². The molecule has 0 spiro atoms. The maximum Gasteiger partial charge on any atom is 0.291 e. The summed E-state index contributed by atoms with van der Waals surface area (Å²) in [6.45, 7) is 5.02. The molecule has 0 saturated carbocycles. The van der Waals surface area contributed by atoms with Crippen molar-refractivity contribution in [2.45, 2.75) is 26.1 Å². The van der Waals surface area contributed by atoms with Crippen LogP contribution < -0.4 is 5.73 Å². The highest BCUT2D eigenvalue weighted by Gasteiger charge is 2.27. The Morgan fingerprint density at radius 3 is 2.41 bits per heavy atom. The number of carbonyl (C=O) groups excluding carboxylic acids is 1. The molecule has 17 heavy (non-hydrogen) atoms. The number of ether oxygens (including phenoxy) is 1. The van der Waals surface area contributed by atoms with Crippen LogP contribution in [0.15, 0.2) is 12.4 Å². The summed E-state index contributed by atoms with van der Waals surface area (Å²) in [5, 5.41) is 0. The van der Waals surface area contributed by atoms with Gasteiger partial charge in [-0.05, 0) is 13.8 Å². The van der Waals surface area contributed by atoms with E-state index >= 15 is 0 Å². The number of morpholine rings is 1. The Balaban J connectivity index is 2.11. The normalized spacial score (nSPS) is 24.7. The third kappa shape index (κ3) is 2.71. The van der Waals surface area contributed by atoms with E-state index in [1.54, 1.807) is 4.90 Å². The summed E-state index contributed by atoms with van der Waals surface area (Å²) in [6.07, 6.45) is 2.95. The van der Waals surface area contributed by atoms with E-state index in [2.05, 4.69) is 9.97 Å². The molecule has 0 aromatic carbocycles. The van der Waals surface area contributed by atoms with E-state index < -0.39 is 0 Å². The van der Waals surface area contributed by atoms with Gasteiger partial charge < -0.3 is 15.4 Å². The van der Waals surface area contributed by atoms with Crippen molar-refractivity contribution in [1.29, 1.82) is 0 Å². The zero-order valence-electron chi connectivity index (χ0n) is 9.96. The summed E-state index contributed by atoms with van der Waals surface area (Å²) in [5.74, 6) is 0.00694. The van der Waals surface area contributed by atoms with Gasteiger partial charge in [0, 0.05) is 13.1 Å². The van der Waals surface area contributed by atoms with Gasteiger partial charge in [0.25, 0.3) is 5.91 Å². The van der Waals surface area contributed by atoms with E-state index in [1.807, 2.05) is 13.8 Å². The molecular weight excluding hydrogens is 220 g/mol. The van der Waals surface area contributed by atoms with Crippen LogP contribution in [-0.2, 0) is 4.74 Å². The second-order valence-corrected chi connectivity index (χ2v) is 4.31. The third-order valence-corrected chi connectivity index (χ3v) is 2.57. The van der Waals surface area contributed by atoms with Crippen LogP contribution in [0.1, 0.15) is 24.5 Å². The minimum absolute atomic E-state index is 0.0384. The topological polar surface area (TPSA) is 81.3 Å². The summed E-state index contributed by atoms with van der Waals surface area (Å²) in [7, 11) is 0. The summed E-state index contributed by atoms with van der Waals surface area (Å²) < 4.78 is 5.57. The van der Waals surface area contributed by atoms with E-state index in [9.17, 15) is 4.79 Å². The summed E-state index contributed by atoms with van der Waals surface area (Å²) in [6, 6.07) is 0. The van der Waals surface area contributed by atoms with Crippen molar-refractivity contribution >= 4 is 11.6 Å². The number of amides is 1. The molecule has 1 aromatic heterocycles. The Morgan fingerprint density at radius 1 is 1.35 bits per heavy atom. The molecule has 1 aromatic rings. The maximum atomic E-state index is 12.1. The number of aromatic nitrogens is 2. The predicted octanol–water partition coefficient (Wildman–Crippen LogP) is 0.308. The Bertz CT molecular complexity index is 396. The van der Waals surface area contributed by atoms with Crippen molar-refractivity contribution in [2.75, 3.05) is 18.8 Å². The molecule has 92 valence electrons. The molecule has 1 aliphatic heterocycles. The van der Waals surface area contributed by atoms with Gasteiger partial charge in [-0.1, -0.05) is 0 Å². The van der Waals surface area contributed by atoms with Gasteiger partial charge in [0.2, 0.25) is 5.82 Å². The second kappa shape index (κ2) is 4.67. The molecule has 0 bridgehead atoms. The summed E-state index contributed by atoms with van der Waals surface area (Å²) in [4.78, 5) is 21.7. The minimum Gasteiger partial charge on any atom is -0.396 e. The second-order valence-electron chi connectivity index (χ2n) is 4.31. The number of hydrogen-bond acceptors (Lipinski definition) is 5. The Labute approximate surface area is 99.8 Å². The largest absolute Gasteiger partial charge is 0.396 e. The van der Waals surface area contributed by atoms with E-state index in [0.717, 1.165) is 0 Å². The van der Waals surface area contributed by atoms with Gasteiger partial charge in [0.05, 0.1) is 30.3 Å². The molecule has 1 fully saturated rings. The van der Waals surface area contributed by atoms with Gasteiger partial charge in [0.1, 0.15) is 0 Å². The molecule has 0 aliphatic carbocycles. The fraction of sp³-hybridized carbons (Fsp3) is 0.545. The van der Waals surface area contributed by atoms with Crippen LogP contribution >= 0.6 is 0 Å². The molecule has 1 amide bonds. The van der Waals surface area contributed by atoms with Gasteiger partial charge in [-0.3, -0.25) is 4.79 Å². The molecule has 1 saturated heterocycles. The summed E-state index contributed by atoms with van der Waals surface area (Å²) in [5.41, 5.74) is 5.93. The molecule has 2 rings (SSSR count). The molecule has 0 unspecified atom stereocenters. The Hall–Kier alpha value is -1.69. The van der Waals surface area contributed by atoms with Crippen LogP contribution in [0.2, 0.25) is 0 Å². The number of rotatable bonds is 1. The van der Waals surface area contributed by atoms with Crippen molar-refractivity contribution in [3.8, 4) is 0 Å². The number of nitrogens with zero attached hydrogens (tertiary/aromatic N) is 3. The quantitative estimate of drug-likeness (QED) is 0.758. The third-order valence-electron chi connectivity index (χ3n) is 2.57. The van der Waals surface area contributed by atoms with Crippen molar-refractivity contribution in [1.82, 2.24) is 14.9 Å². The van der Waals surface area contributed by atoms with Crippen molar-refractivity contribution < 1.29 is 9.53 Å². The highest BCUT2D eigenvalue weighted by molar-refractivity contribution is 5.90. The lowest BCUT2D eigenvalue weighted by atomic mass is 10.2. The van der Waals surface area contributed by atoms with Gasteiger partial charge >= 0.3 is 0 Å². The predicted molar refractivity (Wildman–Crippen MR) is 62.4 cm³/mol. The Kier molecular flexibility index (Phi) is 3.23. The van der Waals surface area contributed by atoms with Crippen LogP contribution in [0.25, 0.3) is 0 Å². The van der Waals surface area contributed by atoms with E-state index in [-0.39, 0.29) is 23.9 Å². The van der Waals surface area contributed by atoms with E-state index in [1.165, 1.54) is 12.4 Å². The molecule has 6 heteroatoms. The van der Waals surface area contributed by atoms with E-state index in [0.29, 0.717) is 18.8 Å². The fourth-order valence-electron chi connectivity index (χ4n) is 1.93. The number of nitrogens with two attached hydrogens (primary N) is 1. The van der Waals surface area contributed by atoms with Gasteiger partial charge in [-0.2, -0.15) is 0 Å². The highest BCUT2D eigenvalue weighted by Crippen LogP contribution is 2.12. The SMILES string of the molecule is C[C@@H]1CN(C(=O)c2ncc(N)cn2)C[C@H](C)O1. The molecular formula is C11H16N4O2. The Morgan fingerprint density at radius 2 is 1.88 bits per heavy atom. The number of nitrogen functional groups attached to an aromatic ring is 1. The molecule has 1 aliphatic rings. The van der Waals surface area contributed by atoms with Crippen LogP contribution in [0.5, 0.6) is 0 Å². The smallest absolute Gasteiger partial charge is 0.291 e. The average Bonchev–Trinajstić information content (AvgIpc) is 2.28. The standard InChI is InChI=1S/C11H16N4O2/c1-7-5-15(6-8(2)17-7)11(16)10-13-3-9(12)4-14-10/h3-4,7-8H,5-6,12H2,1-2H3/t7-,8+. The summed E-state index contributed by atoms with van der Waals surface area (Å²) >= 11 is 0. The van der Waals surface area contributed by atoms with E-state index in [4.69, 9.17) is 10.5 Å². The van der Waals surface area contributed by atoms with Crippen LogP contribution in [0.4, 0.5) is 5.69 Å². The lowest BCUT2D eigenvalue weighted by molar-refractivity contribution is -0.0588. The molecule has 2 atom stereocenters. The minimum atomic E-state index is -0.174. The molecule has 2 N–H and O–H groups in total. The number of anilines is 1. The zero-order chi connectivity index (χ0) is 12.4. The molecule has 2 heterocycles. The van der Waals surface area contributed by atoms with Crippen LogP contribution in [0, 0.1) is 0 Å². The first-order valence-electron chi connectivity index (χ1n) is 5.58. The van der Waals surface area contributed by atoms with Crippen LogP contribution in [0.3, 0.4) is 0 Å². The van der Waals surface area contributed by atoms with Gasteiger partial charge in [-0.15, -0.1) is 0 Å². The first-order valence-corrected chi connectivity index (χ1v) is 5.58. The molecule has 0 radical (unpaired) electrons. The monoisotopic (exact) mass is 236 g/mol. The molecule has 6 nitrogen and oxygen atoms in total. The first-order chi connectivity index (χ1) is 8.06.